The van der Waals surface area contributed by atoms with Gasteiger partial charge in [0.05, 0.1) is 17.7 Å². The van der Waals surface area contributed by atoms with Crippen molar-refractivity contribution in [3.05, 3.63) is 108 Å². The van der Waals surface area contributed by atoms with Crippen molar-refractivity contribution in [1.82, 2.24) is 4.57 Å². The van der Waals surface area contributed by atoms with Crippen molar-refractivity contribution in [3.63, 3.8) is 0 Å². The molecule has 0 N–H and O–H groups in total. The average molecular weight is 469 g/mol. The van der Waals surface area contributed by atoms with E-state index in [1.165, 1.54) is 18.3 Å². The average Bonchev–Trinajstić information content (AvgIpc) is 3.13. The summed E-state index contributed by atoms with van der Waals surface area (Å²) in [4.78, 5) is 31.9. The molecule has 0 aliphatic carbocycles. The number of benzene rings is 3. The van der Waals surface area contributed by atoms with Crippen LogP contribution in [0, 0.1) is 6.92 Å². The molecule has 4 aromatic rings. The number of rotatable bonds is 4. The maximum atomic E-state index is 13.8. The van der Waals surface area contributed by atoms with Crippen LogP contribution in [0.2, 0.25) is 0 Å². The molecule has 1 aromatic heterocycles. The quantitative estimate of drug-likeness (QED) is 0.449. The van der Waals surface area contributed by atoms with Crippen LogP contribution in [-0.4, -0.2) is 17.5 Å². The largest absolute Gasteiger partial charge is 0.496 e. The Morgan fingerprint density at radius 2 is 1.79 bits per heavy atom. The SMILES string of the molecule is COc1ccc2ccccc2c1[C@H]1C(C(C)=O)=C(C)N=c2sc(=Cc3ccc(C)cc3)c(=O)n21. The topological polar surface area (TPSA) is 60.7 Å². The summed E-state index contributed by atoms with van der Waals surface area (Å²) in [6.07, 6.45) is 1.88. The van der Waals surface area contributed by atoms with Crippen LogP contribution in [0.4, 0.5) is 0 Å². The Labute approximate surface area is 201 Å². The second-order valence-corrected chi connectivity index (χ2v) is 9.46. The molecule has 6 heteroatoms. The van der Waals surface area contributed by atoms with E-state index in [2.05, 4.69) is 4.99 Å². The van der Waals surface area contributed by atoms with Gasteiger partial charge in [-0.3, -0.25) is 14.2 Å². The number of methoxy groups -OCH3 is 1. The van der Waals surface area contributed by atoms with Gasteiger partial charge in [-0.2, -0.15) is 0 Å². The first-order chi connectivity index (χ1) is 16.4. The van der Waals surface area contributed by atoms with Crippen LogP contribution in [0.5, 0.6) is 5.75 Å². The molecular weight excluding hydrogens is 444 g/mol. The Morgan fingerprint density at radius 1 is 1.06 bits per heavy atom. The lowest BCUT2D eigenvalue weighted by molar-refractivity contribution is -0.114. The number of fused-ring (bicyclic) bond motifs is 2. The van der Waals surface area contributed by atoms with E-state index < -0.39 is 6.04 Å². The van der Waals surface area contributed by atoms with Gasteiger partial charge >= 0.3 is 0 Å². The van der Waals surface area contributed by atoms with E-state index in [4.69, 9.17) is 4.74 Å². The summed E-state index contributed by atoms with van der Waals surface area (Å²) in [5, 5.41) is 1.95. The summed E-state index contributed by atoms with van der Waals surface area (Å²) in [5.41, 5.74) is 3.85. The van der Waals surface area contributed by atoms with E-state index >= 15 is 0 Å². The van der Waals surface area contributed by atoms with E-state index in [-0.39, 0.29) is 11.3 Å². The Bertz CT molecular complexity index is 1660. The number of hydrogen-bond donors (Lipinski definition) is 0. The van der Waals surface area contributed by atoms with Crippen molar-refractivity contribution in [2.45, 2.75) is 26.8 Å². The molecule has 0 saturated heterocycles. The third kappa shape index (κ3) is 3.60. The summed E-state index contributed by atoms with van der Waals surface area (Å²) >= 11 is 1.34. The zero-order valence-electron chi connectivity index (χ0n) is 19.5. The van der Waals surface area contributed by atoms with Gasteiger partial charge < -0.3 is 4.74 Å². The molecule has 1 atom stereocenters. The molecular formula is C28H24N2O3S. The first-order valence-electron chi connectivity index (χ1n) is 11.0. The number of aromatic nitrogens is 1. The normalized spacial score (nSPS) is 15.9. The second kappa shape index (κ2) is 8.54. The number of allylic oxidation sites excluding steroid dienone is 2. The van der Waals surface area contributed by atoms with Crippen LogP contribution in [0.3, 0.4) is 0 Å². The first kappa shape index (κ1) is 22.0. The number of nitrogens with zero attached hydrogens (tertiary/aromatic N) is 2. The highest BCUT2D eigenvalue weighted by Gasteiger charge is 2.33. The molecule has 34 heavy (non-hydrogen) atoms. The number of hydrogen-bond acceptors (Lipinski definition) is 5. The predicted molar refractivity (Wildman–Crippen MR) is 136 cm³/mol. The van der Waals surface area contributed by atoms with Crippen LogP contribution in [0.15, 0.2) is 81.7 Å². The Hall–Kier alpha value is -3.77. The van der Waals surface area contributed by atoms with Gasteiger partial charge in [-0.15, -0.1) is 0 Å². The first-order valence-corrected chi connectivity index (χ1v) is 11.9. The smallest absolute Gasteiger partial charge is 0.271 e. The molecule has 0 spiro atoms. The van der Waals surface area contributed by atoms with Gasteiger partial charge in [0.1, 0.15) is 5.75 Å². The number of ketones is 1. The zero-order valence-corrected chi connectivity index (χ0v) is 20.3. The highest BCUT2D eigenvalue weighted by Crippen LogP contribution is 2.40. The van der Waals surface area contributed by atoms with Gasteiger partial charge in [-0.1, -0.05) is 71.5 Å². The van der Waals surface area contributed by atoms with Crippen molar-refractivity contribution in [3.8, 4) is 5.75 Å². The Balaban J connectivity index is 1.86. The fourth-order valence-corrected chi connectivity index (χ4v) is 5.64. The van der Waals surface area contributed by atoms with Crippen molar-refractivity contribution in [2.75, 3.05) is 7.11 Å². The lowest BCUT2D eigenvalue weighted by atomic mass is 9.89. The highest BCUT2D eigenvalue weighted by molar-refractivity contribution is 7.07. The number of thiazole rings is 1. The lowest BCUT2D eigenvalue weighted by Crippen LogP contribution is -2.39. The minimum absolute atomic E-state index is 0.117. The molecule has 1 aliphatic rings. The van der Waals surface area contributed by atoms with E-state index in [9.17, 15) is 9.59 Å². The number of ether oxygens (including phenoxy) is 1. The van der Waals surface area contributed by atoms with Crippen LogP contribution in [0.1, 0.15) is 36.6 Å². The predicted octanol–water partition coefficient (Wildman–Crippen LogP) is 4.29. The minimum atomic E-state index is -0.630. The fraction of sp³-hybridized carbons (Fsp3) is 0.179. The van der Waals surface area contributed by atoms with Gasteiger partial charge in [-0.05, 0) is 49.2 Å². The zero-order chi connectivity index (χ0) is 24.0. The van der Waals surface area contributed by atoms with Crippen LogP contribution >= 0.6 is 11.3 Å². The molecule has 1 aliphatic heterocycles. The Kier molecular flexibility index (Phi) is 5.54. The van der Waals surface area contributed by atoms with Crippen molar-refractivity contribution >= 4 is 34.0 Å². The fourth-order valence-electron chi connectivity index (χ4n) is 4.59. The summed E-state index contributed by atoms with van der Waals surface area (Å²) in [6.45, 7) is 5.39. The molecule has 0 radical (unpaired) electrons. The van der Waals surface area contributed by atoms with E-state index in [0.29, 0.717) is 26.4 Å². The molecule has 170 valence electrons. The monoisotopic (exact) mass is 468 g/mol. The van der Waals surface area contributed by atoms with Gasteiger partial charge in [0.25, 0.3) is 5.56 Å². The van der Waals surface area contributed by atoms with Crippen LogP contribution in [0.25, 0.3) is 16.8 Å². The van der Waals surface area contributed by atoms with E-state index in [0.717, 1.165) is 27.5 Å². The second-order valence-electron chi connectivity index (χ2n) is 8.45. The third-order valence-electron chi connectivity index (χ3n) is 6.20. The van der Waals surface area contributed by atoms with Crippen LogP contribution in [-0.2, 0) is 4.79 Å². The summed E-state index contributed by atoms with van der Waals surface area (Å²) in [6, 6.07) is 19.2. The minimum Gasteiger partial charge on any atom is -0.496 e. The van der Waals surface area contributed by atoms with Crippen molar-refractivity contribution < 1.29 is 9.53 Å². The van der Waals surface area contributed by atoms with Crippen molar-refractivity contribution in [1.29, 1.82) is 0 Å². The third-order valence-corrected chi connectivity index (χ3v) is 7.18. The number of Topliss-reactive ketones (excluding diaryl/α,β-unsaturated/α-hetero) is 1. The number of carbonyl (C=O) groups is 1. The standard InChI is InChI=1S/C28H24N2O3S/c1-16-9-11-19(12-10-16)15-23-27(32)30-26(24(18(3)31)17(2)29-28(30)34-23)25-21-8-6-5-7-20(21)13-14-22(25)33-4/h5-15,26H,1-4H3/t26-/m1/s1. The highest BCUT2D eigenvalue weighted by atomic mass is 32.1. The lowest BCUT2D eigenvalue weighted by Gasteiger charge is -2.27. The molecule has 3 aromatic carbocycles. The van der Waals surface area contributed by atoms with Crippen molar-refractivity contribution in [2.24, 2.45) is 4.99 Å². The molecule has 0 bridgehead atoms. The maximum Gasteiger partial charge on any atom is 0.271 e. The summed E-state index contributed by atoms with van der Waals surface area (Å²) in [5.74, 6) is 0.513. The molecule has 0 fully saturated rings. The summed E-state index contributed by atoms with van der Waals surface area (Å²) in [7, 11) is 1.61. The molecule has 2 heterocycles. The molecule has 0 saturated carbocycles. The Morgan fingerprint density at radius 3 is 2.50 bits per heavy atom. The molecule has 0 amide bonds. The van der Waals surface area contributed by atoms with Gasteiger partial charge in [0, 0.05) is 16.8 Å². The van der Waals surface area contributed by atoms with E-state index in [1.807, 2.05) is 80.6 Å². The van der Waals surface area contributed by atoms with Gasteiger partial charge in [0.15, 0.2) is 10.6 Å². The van der Waals surface area contributed by atoms with Gasteiger partial charge in [-0.25, -0.2) is 4.99 Å². The van der Waals surface area contributed by atoms with Crippen LogP contribution < -0.4 is 19.6 Å². The number of aryl methyl sites for hydroxylation is 1. The maximum absolute atomic E-state index is 13.8. The molecule has 0 unspecified atom stereocenters. The van der Waals surface area contributed by atoms with E-state index in [1.54, 1.807) is 11.7 Å². The number of carbonyl (C=O) groups excluding carboxylic acids is 1. The van der Waals surface area contributed by atoms with Gasteiger partial charge in [0.2, 0.25) is 0 Å². The molecule has 5 nitrogen and oxygen atoms in total. The summed E-state index contributed by atoms with van der Waals surface area (Å²) < 4.78 is 7.98. The molecule has 5 rings (SSSR count).